The molecule has 2 aromatic carbocycles. The molecule has 20 heavy (non-hydrogen) atoms. The van der Waals surface area contributed by atoms with Gasteiger partial charge in [-0.1, -0.05) is 64.6 Å². The molecule has 3 aromatic rings. The molecule has 0 unspecified atom stereocenters. The zero-order valence-corrected chi connectivity index (χ0v) is 12.8. The monoisotopic (exact) mass is 322 g/mol. The van der Waals surface area contributed by atoms with Gasteiger partial charge in [0.25, 0.3) is 0 Å². The number of hydrogen-bond donors (Lipinski definition) is 0. The van der Waals surface area contributed by atoms with Crippen LogP contribution in [0.1, 0.15) is 5.56 Å². The molecule has 0 N–H and O–H groups in total. The first-order valence-corrected chi connectivity index (χ1v) is 7.07. The first kappa shape index (κ1) is 13.6. The van der Waals surface area contributed by atoms with Crippen molar-refractivity contribution < 1.29 is 0 Å². The van der Waals surface area contributed by atoms with Gasteiger partial charge in [-0.05, 0) is 19.1 Å². The molecule has 0 saturated carbocycles. The molecule has 3 rings (SSSR count). The van der Waals surface area contributed by atoms with Gasteiger partial charge in [0.15, 0.2) is 5.82 Å². The summed E-state index contributed by atoms with van der Waals surface area (Å²) in [6, 6.07) is 11.3. The zero-order valence-electron chi connectivity index (χ0n) is 10.5. The summed E-state index contributed by atoms with van der Waals surface area (Å²) in [6.07, 6.45) is 0. The Morgan fingerprint density at radius 3 is 2.30 bits per heavy atom. The fourth-order valence-corrected chi connectivity index (χ4v) is 2.71. The molecule has 0 amide bonds. The number of aryl methyl sites for hydroxylation is 1. The molecule has 0 aliphatic heterocycles. The molecule has 2 nitrogen and oxygen atoms in total. The largest absolute Gasteiger partial charge is 0.226 e. The molecule has 0 fully saturated rings. The Morgan fingerprint density at radius 1 is 0.900 bits per heavy atom. The minimum absolute atomic E-state index is 0.343. The lowest BCUT2D eigenvalue weighted by atomic mass is 10.1. The molecule has 1 heterocycles. The van der Waals surface area contributed by atoms with Crippen LogP contribution >= 0.6 is 34.8 Å². The fourth-order valence-electron chi connectivity index (χ4n) is 1.95. The Morgan fingerprint density at radius 2 is 1.60 bits per heavy atom. The second kappa shape index (κ2) is 5.21. The molecule has 0 atom stereocenters. The summed E-state index contributed by atoms with van der Waals surface area (Å²) in [5.74, 6) is 0.548. The third-order valence-electron chi connectivity index (χ3n) is 2.98. The van der Waals surface area contributed by atoms with E-state index in [1.165, 1.54) is 5.56 Å². The van der Waals surface area contributed by atoms with Crippen molar-refractivity contribution in [2.45, 2.75) is 6.92 Å². The minimum Gasteiger partial charge on any atom is -0.226 e. The van der Waals surface area contributed by atoms with E-state index in [1.807, 2.05) is 31.2 Å². The third kappa shape index (κ3) is 2.47. The van der Waals surface area contributed by atoms with Crippen molar-refractivity contribution in [3.63, 3.8) is 0 Å². The third-order valence-corrected chi connectivity index (χ3v) is 3.78. The van der Waals surface area contributed by atoms with Gasteiger partial charge in [0.1, 0.15) is 5.15 Å². The van der Waals surface area contributed by atoms with Crippen LogP contribution in [0.15, 0.2) is 36.4 Å². The predicted molar refractivity (Wildman–Crippen MR) is 84.7 cm³/mol. The number of benzene rings is 2. The molecule has 1 aromatic heterocycles. The highest BCUT2D eigenvalue weighted by molar-refractivity contribution is 6.41. The highest BCUT2D eigenvalue weighted by Crippen LogP contribution is 2.32. The molecular weight excluding hydrogens is 315 g/mol. The second-order valence-electron chi connectivity index (χ2n) is 4.49. The highest BCUT2D eigenvalue weighted by Gasteiger charge is 2.11. The summed E-state index contributed by atoms with van der Waals surface area (Å²) in [5, 5.41) is 1.97. The summed E-state index contributed by atoms with van der Waals surface area (Å²) in [5.41, 5.74) is 2.67. The Kier molecular flexibility index (Phi) is 3.55. The molecule has 0 spiro atoms. The smallest absolute Gasteiger partial charge is 0.161 e. The van der Waals surface area contributed by atoms with Gasteiger partial charge in [-0.15, -0.1) is 0 Å². The van der Waals surface area contributed by atoms with Gasteiger partial charge in [0.05, 0.1) is 10.5 Å². The summed E-state index contributed by atoms with van der Waals surface area (Å²) in [4.78, 5) is 8.81. The molecule has 0 aliphatic rings. The van der Waals surface area contributed by atoms with E-state index in [9.17, 15) is 0 Å². The highest BCUT2D eigenvalue weighted by atomic mass is 35.5. The lowest BCUT2D eigenvalue weighted by Gasteiger charge is -2.07. The minimum atomic E-state index is 0.343. The molecule has 0 radical (unpaired) electrons. The first-order chi connectivity index (χ1) is 9.54. The van der Waals surface area contributed by atoms with Gasteiger partial charge in [-0.2, -0.15) is 0 Å². The maximum absolute atomic E-state index is 6.22. The summed E-state index contributed by atoms with van der Waals surface area (Å²) >= 11 is 18.4. The predicted octanol–water partition coefficient (Wildman–Crippen LogP) is 5.57. The van der Waals surface area contributed by atoms with Crippen molar-refractivity contribution in [1.82, 2.24) is 9.97 Å². The molecule has 5 heteroatoms. The van der Waals surface area contributed by atoms with E-state index >= 15 is 0 Å². The van der Waals surface area contributed by atoms with Crippen LogP contribution in [-0.4, -0.2) is 9.97 Å². The number of fused-ring (bicyclic) bond motifs is 1. The second-order valence-corrected chi connectivity index (χ2v) is 5.69. The van der Waals surface area contributed by atoms with E-state index in [0.29, 0.717) is 31.9 Å². The van der Waals surface area contributed by atoms with Crippen LogP contribution in [0.4, 0.5) is 0 Å². The van der Waals surface area contributed by atoms with Crippen LogP contribution in [0, 0.1) is 6.92 Å². The van der Waals surface area contributed by atoms with Crippen molar-refractivity contribution >= 4 is 45.7 Å². The fraction of sp³-hybridized carbons (Fsp3) is 0.0667. The van der Waals surface area contributed by atoms with Crippen molar-refractivity contribution in [2.75, 3.05) is 0 Å². The van der Waals surface area contributed by atoms with Crippen LogP contribution in [0.3, 0.4) is 0 Å². The Hall–Kier alpha value is -1.35. The van der Waals surface area contributed by atoms with Gasteiger partial charge in [0, 0.05) is 16.0 Å². The lowest BCUT2D eigenvalue weighted by molar-refractivity contribution is 1.22. The van der Waals surface area contributed by atoms with E-state index in [2.05, 4.69) is 9.97 Å². The Labute approximate surface area is 131 Å². The van der Waals surface area contributed by atoms with Crippen molar-refractivity contribution in [2.24, 2.45) is 0 Å². The molecule has 0 aliphatic carbocycles. The van der Waals surface area contributed by atoms with Crippen molar-refractivity contribution in [1.29, 1.82) is 0 Å². The first-order valence-electron chi connectivity index (χ1n) is 5.94. The summed E-state index contributed by atoms with van der Waals surface area (Å²) in [6.45, 7) is 2.02. The summed E-state index contributed by atoms with van der Waals surface area (Å²) < 4.78 is 0. The standard InChI is InChI=1S/C15H9Cl3N2/c1-8-2-4-9(5-3-8)15-19-13-11(14(18)20-15)6-10(16)7-12(13)17/h2-7H,1H3. The SMILES string of the molecule is Cc1ccc(-c2nc(Cl)c3cc(Cl)cc(Cl)c3n2)cc1. The van der Waals surface area contributed by atoms with Crippen LogP contribution in [0.5, 0.6) is 0 Å². The van der Waals surface area contributed by atoms with Gasteiger partial charge in [-0.3, -0.25) is 0 Å². The topological polar surface area (TPSA) is 25.8 Å². The van der Waals surface area contributed by atoms with E-state index in [0.717, 1.165) is 5.56 Å². The van der Waals surface area contributed by atoms with E-state index in [4.69, 9.17) is 34.8 Å². The lowest BCUT2D eigenvalue weighted by Crippen LogP contribution is -1.93. The number of aromatic nitrogens is 2. The maximum Gasteiger partial charge on any atom is 0.161 e. The molecule has 100 valence electrons. The molecular formula is C15H9Cl3N2. The van der Waals surface area contributed by atoms with E-state index < -0.39 is 0 Å². The molecule has 0 saturated heterocycles. The van der Waals surface area contributed by atoms with Crippen molar-refractivity contribution in [3.8, 4) is 11.4 Å². The van der Waals surface area contributed by atoms with Crippen LogP contribution in [0.25, 0.3) is 22.3 Å². The van der Waals surface area contributed by atoms with Crippen LogP contribution < -0.4 is 0 Å². The molecule has 0 bridgehead atoms. The quantitative estimate of drug-likeness (QED) is 0.547. The maximum atomic E-state index is 6.22. The Bertz CT molecular complexity index is 798. The number of hydrogen-bond acceptors (Lipinski definition) is 2. The Balaban J connectivity index is 2.26. The number of halogens is 3. The number of rotatable bonds is 1. The van der Waals surface area contributed by atoms with E-state index in [1.54, 1.807) is 12.1 Å². The van der Waals surface area contributed by atoms with Crippen LogP contribution in [-0.2, 0) is 0 Å². The number of nitrogens with zero attached hydrogens (tertiary/aromatic N) is 2. The average molecular weight is 324 g/mol. The zero-order chi connectivity index (χ0) is 14.3. The van der Waals surface area contributed by atoms with E-state index in [-0.39, 0.29) is 0 Å². The van der Waals surface area contributed by atoms with Gasteiger partial charge < -0.3 is 0 Å². The normalized spacial score (nSPS) is 11.0. The van der Waals surface area contributed by atoms with Gasteiger partial charge in [0.2, 0.25) is 0 Å². The van der Waals surface area contributed by atoms with Crippen molar-refractivity contribution in [3.05, 3.63) is 57.2 Å². The van der Waals surface area contributed by atoms with Gasteiger partial charge in [-0.25, -0.2) is 9.97 Å². The van der Waals surface area contributed by atoms with Crippen LogP contribution in [0.2, 0.25) is 15.2 Å². The average Bonchev–Trinajstić information content (AvgIpc) is 2.40. The summed E-state index contributed by atoms with van der Waals surface area (Å²) in [7, 11) is 0. The van der Waals surface area contributed by atoms with Gasteiger partial charge >= 0.3 is 0 Å².